The van der Waals surface area contributed by atoms with Crippen molar-refractivity contribution in [2.24, 2.45) is 5.73 Å². The summed E-state index contributed by atoms with van der Waals surface area (Å²) in [5.74, 6) is 0. The Balaban J connectivity index is 2.33. The van der Waals surface area contributed by atoms with E-state index in [-0.39, 0.29) is 0 Å². The van der Waals surface area contributed by atoms with Gasteiger partial charge in [-0.3, -0.25) is 0 Å². The minimum Gasteiger partial charge on any atom is -0.329 e. The molecule has 0 saturated heterocycles. The number of halogens is 1. The smallest absolute Gasteiger partial charge is 0.0931 e. The molecule has 1 aromatic rings. The van der Waals surface area contributed by atoms with Crippen molar-refractivity contribution in [3.63, 3.8) is 0 Å². The van der Waals surface area contributed by atoms with Gasteiger partial charge < -0.3 is 10.6 Å². The summed E-state index contributed by atoms with van der Waals surface area (Å²) >= 11 is 7.51. The maximum Gasteiger partial charge on any atom is 0.0931 e. The predicted molar refractivity (Wildman–Crippen MR) is 64.2 cm³/mol. The zero-order chi connectivity index (χ0) is 10.6. The molecule has 1 unspecified atom stereocenters. The summed E-state index contributed by atoms with van der Waals surface area (Å²) in [5, 5.41) is 0. The van der Waals surface area contributed by atoms with Gasteiger partial charge in [0, 0.05) is 24.0 Å². The molecule has 0 aromatic carbocycles. The van der Waals surface area contributed by atoms with Crippen molar-refractivity contribution in [2.45, 2.75) is 19.4 Å². The van der Waals surface area contributed by atoms with Crippen LogP contribution in [0.5, 0.6) is 0 Å². The van der Waals surface area contributed by atoms with Gasteiger partial charge in [-0.15, -0.1) is 11.3 Å². The molecule has 0 aliphatic heterocycles. The van der Waals surface area contributed by atoms with Crippen molar-refractivity contribution in [3.05, 3.63) is 21.3 Å². The zero-order valence-electron chi connectivity index (χ0n) is 8.66. The summed E-state index contributed by atoms with van der Waals surface area (Å²) in [7, 11) is 2.10. The van der Waals surface area contributed by atoms with Gasteiger partial charge in [0.2, 0.25) is 0 Å². The molecule has 80 valence electrons. The Morgan fingerprint density at radius 1 is 1.57 bits per heavy atom. The summed E-state index contributed by atoms with van der Waals surface area (Å²) in [6.07, 6.45) is 1.05. The molecule has 0 fully saturated rings. The van der Waals surface area contributed by atoms with Crippen LogP contribution in [0.3, 0.4) is 0 Å². The molecule has 14 heavy (non-hydrogen) atoms. The van der Waals surface area contributed by atoms with Crippen LogP contribution in [0.4, 0.5) is 0 Å². The molecule has 0 radical (unpaired) electrons. The van der Waals surface area contributed by atoms with Gasteiger partial charge in [0.15, 0.2) is 0 Å². The Labute approximate surface area is 94.7 Å². The standard InChI is InChI=1S/C10H17ClN2S/c1-8(7-12)13(2)6-5-9-3-4-10(11)14-9/h3-4,8H,5-7,12H2,1-2H3. The molecule has 0 spiro atoms. The molecule has 1 atom stereocenters. The highest BCUT2D eigenvalue weighted by Crippen LogP contribution is 2.21. The van der Waals surface area contributed by atoms with Crippen molar-refractivity contribution < 1.29 is 0 Å². The zero-order valence-corrected chi connectivity index (χ0v) is 10.2. The lowest BCUT2D eigenvalue weighted by Crippen LogP contribution is -2.36. The molecule has 1 aromatic heterocycles. The fourth-order valence-electron chi connectivity index (χ4n) is 1.17. The van der Waals surface area contributed by atoms with Crippen LogP contribution in [0.25, 0.3) is 0 Å². The Hall–Kier alpha value is -0.0900. The number of likely N-dealkylation sites (N-methyl/N-ethyl adjacent to an activating group) is 1. The Bertz CT molecular complexity index is 275. The molecule has 2 N–H and O–H groups in total. The highest BCUT2D eigenvalue weighted by atomic mass is 35.5. The van der Waals surface area contributed by atoms with E-state index in [1.165, 1.54) is 4.88 Å². The third kappa shape index (κ3) is 3.58. The summed E-state index contributed by atoms with van der Waals surface area (Å²) in [4.78, 5) is 3.61. The van der Waals surface area contributed by atoms with Crippen molar-refractivity contribution in [3.8, 4) is 0 Å². The van der Waals surface area contributed by atoms with Gasteiger partial charge in [-0.2, -0.15) is 0 Å². The van der Waals surface area contributed by atoms with E-state index >= 15 is 0 Å². The first-order chi connectivity index (χ1) is 6.63. The van der Waals surface area contributed by atoms with Crippen molar-refractivity contribution in [1.82, 2.24) is 4.90 Å². The minimum absolute atomic E-state index is 0.449. The third-order valence-electron chi connectivity index (χ3n) is 2.43. The molecule has 0 aliphatic carbocycles. The molecular weight excluding hydrogens is 216 g/mol. The first-order valence-corrected chi connectivity index (χ1v) is 5.97. The van der Waals surface area contributed by atoms with Crippen LogP contribution >= 0.6 is 22.9 Å². The van der Waals surface area contributed by atoms with E-state index in [9.17, 15) is 0 Å². The SMILES string of the molecule is CC(CN)N(C)CCc1ccc(Cl)s1. The average molecular weight is 233 g/mol. The largest absolute Gasteiger partial charge is 0.329 e. The molecule has 0 bridgehead atoms. The number of thiophene rings is 1. The topological polar surface area (TPSA) is 29.3 Å². The third-order valence-corrected chi connectivity index (χ3v) is 3.72. The van der Waals surface area contributed by atoms with E-state index < -0.39 is 0 Å². The first kappa shape index (κ1) is 12.0. The molecule has 1 heterocycles. The molecule has 0 aliphatic rings. The Morgan fingerprint density at radius 2 is 2.29 bits per heavy atom. The van der Waals surface area contributed by atoms with Crippen LogP contribution < -0.4 is 5.73 Å². The van der Waals surface area contributed by atoms with E-state index in [2.05, 4.69) is 24.9 Å². The van der Waals surface area contributed by atoms with Crippen LogP contribution in [-0.2, 0) is 6.42 Å². The van der Waals surface area contributed by atoms with Gasteiger partial charge in [-0.25, -0.2) is 0 Å². The fraction of sp³-hybridized carbons (Fsp3) is 0.600. The summed E-state index contributed by atoms with van der Waals surface area (Å²) < 4.78 is 0.870. The molecule has 1 rings (SSSR count). The fourth-order valence-corrected chi connectivity index (χ4v) is 2.25. The van der Waals surface area contributed by atoms with E-state index in [0.29, 0.717) is 12.6 Å². The van der Waals surface area contributed by atoms with Crippen LogP contribution in [0.2, 0.25) is 4.34 Å². The van der Waals surface area contributed by atoms with Gasteiger partial charge in [0.25, 0.3) is 0 Å². The number of hydrogen-bond donors (Lipinski definition) is 1. The quantitative estimate of drug-likeness (QED) is 0.844. The molecule has 0 amide bonds. The van der Waals surface area contributed by atoms with E-state index in [1.807, 2.05) is 6.07 Å². The summed E-state index contributed by atoms with van der Waals surface area (Å²) in [6, 6.07) is 4.49. The van der Waals surface area contributed by atoms with Crippen molar-refractivity contribution >= 4 is 22.9 Å². The van der Waals surface area contributed by atoms with Crippen molar-refractivity contribution in [2.75, 3.05) is 20.1 Å². The maximum absolute atomic E-state index is 5.85. The first-order valence-electron chi connectivity index (χ1n) is 4.78. The lowest BCUT2D eigenvalue weighted by molar-refractivity contribution is 0.267. The highest BCUT2D eigenvalue weighted by molar-refractivity contribution is 7.16. The second-order valence-electron chi connectivity index (χ2n) is 3.52. The van der Waals surface area contributed by atoms with Gasteiger partial charge in [-0.1, -0.05) is 11.6 Å². The average Bonchev–Trinajstić information content (AvgIpc) is 2.59. The summed E-state index contributed by atoms with van der Waals surface area (Å²) in [6.45, 7) is 3.89. The Morgan fingerprint density at radius 3 is 2.79 bits per heavy atom. The van der Waals surface area contributed by atoms with Crippen LogP contribution in [0, 0.1) is 0 Å². The second-order valence-corrected chi connectivity index (χ2v) is 5.32. The molecule has 4 heteroatoms. The normalized spacial score (nSPS) is 13.5. The molecule has 2 nitrogen and oxygen atoms in total. The molecule has 0 saturated carbocycles. The monoisotopic (exact) mass is 232 g/mol. The Kier molecular flexibility index (Phi) is 4.89. The van der Waals surface area contributed by atoms with E-state index in [4.69, 9.17) is 17.3 Å². The lowest BCUT2D eigenvalue weighted by Gasteiger charge is -2.22. The second kappa shape index (κ2) is 5.71. The van der Waals surface area contributed by atoms with Gasteiger partial charge >= 0.3 is 0 Å². The summed E-state index contributed by atoms with van der Waals surface area (Å²) in [5.41, 5.74) is 5.59. The predicted octanol–water partition coefficient (Wildman–Crippen LogP) is 2.22. The van der Waals surface area contributed by atoms with Crippen molar-refractivity contribution in [1.29, 1.82) is 0 Å². The highest BCUT2D eigenvalue weighted by Gasteiger charge is 2.07. The number of nitrogens with zero attached hydrogens (tertiary/aromatic N) is 1. The van der Waals surface area contributed by atoms with Gasteiger partial charge in [-0.05, 0) is 32.5 Å². The maximum atomic E-state index is 5.85. The van der Waals surface area contributed by atoms with Gasteiger partial charge in [0.05, 0.1) is 4.34 Å². The van der Waals surface area contributed by atoms with Crippen LogP contribution in [-0.4, -0.2) is 31.1 Å². The van der Waals surface area contributed by atoms with Crippen LogP contribution in [0.15, 0.2) is 12.1 Å². The minimum atomic E-state index is 0.449. The van der Waals surface area contributed by atoms with E-state index in [0.717, 1.165) is 17.3 Å². The lowest BCUT2D eigenvalue weighted by atomic mass is 10.2. The number of rotatable bonds is 5. The number of hydrogen-bond acceptors (Lipinski definition) is 3. The van der Waals surface area contributed by atoms with E-state index in [1.54, 1.807) is 11.3 Å². The van der Waals surface area contributed by atoms with Crippen LogP contribution in [0.1, 0.15) is 11.8 Å². The van der Waals surface area contributed by atoms with Gasteiger partial charge in [0.1, 0.15) is 0 Å². The molecular formula is C10H17ClN2S. The number of nitrogens with two attached hydrogens (primary N) is 1.